The summed E-state index contributed by atoms with van der Waals surface area (Å²) in [5.74, 6) is 1.11. The largest absolute Gasteiger partial charge is 0.496 e. The number of hydrogen-bond donors (Lipinski definition) is 0. The van der Waals surface area contributed by atoms with E-state index in [-0.39, 0.29) is 11.2 Å². The summed E-state index contributed by atoms with van der Waals surface area (Å²) in [5, 5.41) is 0. The van der Waals surface area contributed by atoms with Crippen molar-refractivity contribution < 1.29 is 9.53 Å². The van der Waals surface area contributed by atoms with Crippen LogP contribution in [0.5, 0.6) is 5.75 Å². The number of rotatable bonds is 4. The van der Waals surface area contributed by atoms with Crippen LogP contribution in [0.3, 0.4) is 0 Å². The van der Waals surface area contributed by atoms with E-state index in [4.69, 9.17) is 4.74 Å². The van der Waals surface area contributed by atoms with E-state index in [0.29, 0.717) is 0 Å². The molecule has 1 aliphatic carbocycles. The molecule has 0 amide bonds. The number of carbonyl (C=O) groups excluding carboxylic acids is 1. The van der Waals surface area contributed by atoms with E-state index < -0.39 is 0 Å². The Kier molecular flexibility index (Phi) is 2.75. The maximum absolute atomic E-state index is 11.7. The zero-order valence-corrected chi connectivity index (χ0v) is 10.2. The molecule has 1 aliphatic rings. The van der Waals surface area contributed by atoms with E-state index in [1.807, 2.05) is 6.07 Å². The van der Waals surface area contributed by atoms with Crippen LogP contribution in [-0.4, -0.2) is 12.9 Å². The van der Waals surface area contributed by atoms with Crippen LogP contribution in [0, 0.1) is 0 Å². The standard InChI is InChI=1S/C14H18O2/c1-4-11-5-6-13(16-3)12(9-11)14(7-8-14)10(2)15/h5-6,9H,4,7-8H2,1-3H3. The van der Waals surface area contributed by atoms with Crippen LogP contribution in [0.2, 0.25) is 0 Å². The second kappa shape index (κ2) is 3.93. The minimum absolute atomic E-state index is 0.240. The molecule has 0 saturated heterocycles. The molecule has 0 N–H and O–H groups in total. The van der Waals surface area contributed by atoms with Crippen LogP contribution in [-0.2, 0) is 16.6 Å². The van der Waals surface area contributed by atoms with Crippen LogP contribution >= 0.6 is 0 Å². The third-order valence-corrected chi connectivity index (χ3v) is 3.61. The highest BCUT2D eigenvalue weighted by atomic mass is 16.5. The first-order chi connectivity index (χ1) is 7.64. The highest BCUT2D eigenvalue weighted by molar-refractivity contribution is 5.92. The molecule has 1 aromatic rings. The lowest BCUT2D eigenvalue weighted by atomic mass is 9.89. The molecule has 0 spiro atoms. The number of aryl methyl sites for hydroxylation is 1. The Hall–Kier alpha value is -1.31. The molecule has 16 heavy (non-hydrogen) atoms. The van der Waals surface area contributed by atoms with Crippen molar-refractivity contribution >= 4 is 5.78 Å². The lowest BCUT2D eigenvalue weighted by molar-refractivity contribution is -0.119. The molecule has 0 aliphatic heterocycles. The Morgan fingerprint density at radius 3 is 2.56 bits per heavy atom. The van der Waals surface area contributed by atoms with E-state index in [2.05, 4.69) is 19.1 Å². The summed E-state index contributed by atoms with van der Waals surface area (Å²) in [4.78, 5) is 11.7. The van der Waals surface area contributed by atoms with Gasteiger partial charge in [0.2, 0.25) is 0 Å². The van der Waals surface area contributed by atoms with Gasteiger partial charge < -0.3 is 4.74 Å². The van der Waals surface area contributed by atoms with Gasteiger partial charge in [0.1, 0.15) is 11.5 Å². The smallest absolute Gasteiger partial charge is 0.140 e. The number of carbonyl (C=O) groups is 1. The SMILES string of the molecule is CCc1ccc(OC)c(C2(C(C)=O)CC2)c1. The van der Waals surface area contributed by atoms with Gasteiger partial charge in [0, 0.05) is 5.56 Å². The number of hydrogen-bond acceptors (Lipinski definition) is 2. The summed E-state index contributed by atoms with van der Waals surface area (Å²) < 4.78 is 5.37. The molecule has 0 radical (unpaired) electrons. The predicted molar refractivity (Wildman–Crippen MR) is 64.0 cm³/mol. The van der Waals surface area contributed by atoms with Crippen LogP contribution in [0.1, 0.15) is 37.8 Å². The van der Waals surface area contributed by atoms with Gasteiger partial charge in [-0.25, -0.2) is 0 Å². The molecule has 0 aromatic heterocycles. The van der Waals surface area contributed by atoms with Crippen molar-refractivity contribution in [2.24, 2.45) is 0 Å². The molecule has 0 unspecified atom stereocenters. The van der Waals surface area contributed by atoms with E-state index in [1.54, 1.807) is 14.0 Å². The lowest BCUT2D eigenvalue weighted by Crippen LogP contribution is -2.18. The Labute approximate surface area is 96.6 Å². The average Bonchev–Trinajstić information content (AvgIpc) is 3.09. The molecule has 0 bridgehead atoms. The van der Waals surface area contributed by atoms with Crippen molar-refractivity contribution in [3.8, 4) is 5.75 Å². The van der Waals surface area contributed by atoms with Gasteiger partial charge in [-0.05, 0) is 37.8 Å². The quantitative estimate of drug-likeness (QED) is 0.776. The van der Waals surface area contributed by atoms with Gasteiger partial charge in [-0.1, -0.05) is 19.1 Å². The van der Waals surface area contributed by atoms with Crippen molar-refractivity contribution in [1.29, 1.82) is 0 Å². The molecular formula is C14H18O2. The molecule has 0 atom stereocenters. The van der Waals surface area contributed by atoms with E-state index in [1.165, 1.54) is 5.56 Å². The van der Waals surface area contributed by atoms with Gasteiger partial charge in [0.15, 0.2) is 0 Å². The van der Waals surface area contributed by atoms with Gasteiger partial charge in [-0.15, -0.1) is 0 Å². The van der Waals surface area contributed by atoms with Gasteiger partial charge in [-0.2, -0.15) is 0 Å². The first kappa shape index (κ1) is 11.2. The number of benzene rings is 1. The van der Waals surface area contributed by atoms with Gasteiger partial charge in [0.25, 0.3) is 0 Å². The number of methoxy groups -OCH3 is 1. The summed E-state index contributed by atoms with van der Waals surface area (Å²) in [7, 11) is 1.67. The van der Waals surface area contributed by atoms with Gasteiger partial charge in [0.05, 0.1) is 12.5 Å². The number of Topliss-reactive ketones (excluding diaryl/α,β-unsaturated/α-hetero) is 1. The fraction of sp³-hybridized carbons (Fsp3) is 0.500. The average molecular weight is 218 g/mol. The highest BCUT2D eigenvalue weighted by Crippen LogP contribution is 2.52. The summed E-state index contributed by atoms with van der Waals surface area (Å²) in [6, 6.07) is 6.18. The predicted octanol–water partition coefficient (Wildman–Crippen LogP) is 2.88. The van der Waals surface area contributed by atoms with Gasteiger partial charge in [-0.3, -0.25) is 4.79 Å². The van der Waals surface area contributed by atoms with E-state index in [0.717, 1.165) is 30.6 Å². The van der Waals surface area contributed by atoms with Gasteiger partial charge >= 0.3 is 0 Å². The van der Waals surface area contributed by atoms with E-state index in [9.17, 15) is 4.79 Å². The Bertz CT molecular complexity index is 417. The molecule has 1 saturated carbocycles. The van der Waals surface area contributed by atoms with Crippen molar-refractivity contribution in [3.05, 3.63) is 29.3 Å². The highest BCUT2D eigenvalue weighted by Gasteiger charge is 2.50. The second-order valence-electron chi connectivity index (χ2n) is 4.53. The monoisotopic (exact) mass is 218 g/mol. The number of ketones is 1. The van der Waals surface area contributed by atoms with E-state index >= 15 is 0 Å². The Morgan fingerprint density at radius 1 is 1.44 bits per heavy atom. The maximum Gasteiger partial charge on any atom is 0.140 e. The van der Waals surface area contributed by atoms with Crippen LogP contribution in [0.4, 0.5) is 0 Å². The zero-order valence-electron chi connectivity index (χ0n) is 10.2. The van der Waals surface area contributed by atoms with Crippen LogP contribution in [0.25, 0.3) is 0 Å². The topological polar surface area (TPSA) is 26.3 Å². The molecule has 1 aromatic carbocycles. The molecule has 2 nitrogen and oxygen atoms in total. The second-order valence-corrected chi connectivity index (χ2v) is 4.53. The molecule has 1 fully saturated rings. The minimum Gasteiger partial charge on any atom is -0.496 e. The van der Waals surface area contributed by atoms with Crippen molar-refractivity contribution in [3.63, 3.8) is 0 Å². The molecule has 0 heterocycles. The lowest BCUT2D eigenvalue weighted by Gasteiger charge is -2.17. The zero-order chi connectivity index (χ0) is 11.8. The molecule has 2 rings (SSSR count). The summed E-state index contributed by atoms with van der Waals surface area (Å²) in [5.41, 5.74) is 2.11. The van der Waals surface area contributed by atoms with Crippen molar-refractivity contribution in [1.82, 2.24) is 0 Å². The van der Waals surface area contributed by atoms with Crippen LogP contribution in [0.15, 0.2) is 18.2 Å². The normalized spacial score (nSPS) is 16.9. The molecule has 2 heteroatoms. The third-order valence-electron chi connectivity index (χ3n) is 3.61. The van der Waals surface area contributed by atoms with Crippen molar-refractivity contribution in [2.75, 3.05) is 7.11 Å². The Balaban J connectivity index is 2.49. The third kappa shape index (κ3) is 1.62. The Morgan fingerprint density at radius 2 is 2.12 bits per heavy atom. The van der Waals surface area contributed by atoms with Crippen LogP contribution < -0.4 is 4.74 Å². The molecular weight excluding hydrogens is 200 g/mol. The fourth-order valence-electron chi connectivity index (χ4n) is 2.29. The summed E-state index contributed by atoms with van der Waals surface area (Å²) >= 11 is 0. The first-order valence-corrected chi connectivity index (χ1v) is 5.82. The summed E-state index contributed by atoms with van der Waals surface area (Å²) in [6.45, 7) is 3.81. The van der Waals surface area contributed by atoms with Crippen molar-refractivity contribution in [2.45, 2.75) is 38.5 Å². The molecule has 86 valence electrons. The first-order valence-electron chi connectivity index (χ1n) is 5.82. The maximum atomic E-state index is 11.7. The number of ether oxygens (including phenoxy) is 1. The fourth-order valence-corrected chi connectivity index (χ4v) is 2.29. The minimum atomic E-state index is -0.240. The summed E-state index contributed by atoms with van der Waals surface area (Å²) in [6.07, 6.45) is 2.92.